The number of hydrogen-bond acceptors (Lipinski definition) is 5. The number of benzene rings is 2. The molecule has 8 nitrogen and oxygen atoms in total. The molecule has 0 unspecified atom stereocenters. The number of nitrogens with zero attached hydrogens (tertiary/aromatic N) is 1. The quantitative estimate of drug-likeness (QED) is 0.418. The van der Waals surface area contributed by atoms with Crippen LogP contribution in [0.3, 0.4) is 0 Å². The van der Waals surface area contributed by atoms with Crippen LogP contribution in [-0.2, 0) is 16.1 Å². The number of fused-ring (bicyclic) bond motifs is 1. The van der Waals surface area contributed by atoms with Crippen LogP contribution in [0.5, 0.6) is 5.75 Å². The Morgan fingerprint density at radius 2 is 2.07 bits per heavy atom. The number of carbonyl (C=O) groups excluding carboxylic acids is 1. The van der Waals surface area contributed by atoms with Crippen molar-refractivity contribution in [2.75, 3.05) is 27.4 Å². The molecule has 0 aromatic heterocycles. The molecule has 152 valence electrons. The summed E-state index contributed by atoms with van der Waals surface area (Å²) in [5.74, 6) is 0.218. The number of ether oxygens (including phenoxy) is 2. The van der Waals surface area contributed by atoms with E-state index in [1.54, 1.807) is 0 Å². The molecule has 1 aliphatic heterocycles. The van der Waals surface area contributed by atoms with Gasteiger partial charge in [0.15, 0.2) is 6.79 Å². The highest BCUT2D eigenvalue weighted by Gasteiger charge is 2.20. The van der Waals surface area contributed by atoms with Crippen molar-refractivity contribution in [3.63, 3.8) is 0 Å². The number of quaternary nitrogens is 1. The standard InChI is InChI=1S/C21H23N3O5/c1-23(2)12-19(15-6-4-3-5-7-15)22-20(25)9-8-16-10-18(24(26)27)11-17-13-28-14-29-21(16)17/h3-11,19H,12-14H2,1-2H3,(H,22,25)/p+1/b9-8+/t19-/m1/s1. The Morgan fingerprint density at radius 3 is 2.76 bits per heavy atom. The minimum Gasteiger partial charge on any atom is -0.467 e. The first-order valence-electron chi connectivity index (χ1n) is 9.28. The summed E-state index contributed by atoms with van der Waals surface area (Å²) in [6, 6.07) is 12.4. The van der Waals surface area contributed by atoms with Crippen LogP contribution in [0.4, 0.5) is 5.69 Å². The highest BCUT2D eigenvalue weighted by Crippen LogP contribution is 2.33. The fourth-order valence-corrected chi connectivity index (χ4v) is 3.19. The molecule has 2 N–H and O–H groups in total. The average molecular weight is 398 g/mol. The van der Waals surface area contributed by atoms with Crippen molar-refractivity contribution in [1.29, 1.82) is 0 Å². The van der Waals surface area contributed by atoms with Crippen molar-refractivity contribution in [3.05, 3.63) is 75.3 Å². The Kier molecular flexibility index (Phi) is 6.58. The van der Waals surface area contributed by atoms with Gasteiger partial charge in [0, 0.05) is 29.3 Å². The lowest BCUT2D eigenvalue weighted by molar-refractivity contribution is -0.860. The minimum absolute atomic E-state index is 0.0690. The van der Waals surface area contributed by atoms with Crippen molar-refractivity contribution in [3.8, 4) is 5.75 Å². The van der Waals surface area contributed by atoms with Gasteiger partial charge in [-0.05, 0) is 11.6 Å². The van der Waals surface area contributed by atoms with Crippen LogP contribution >= 0.6 is 0 Å². The lowest BCUT2D eigenvalue weighted by Gasteiger charge is -2.20. The van der Waals surface area contributed by atoms with Crippen molar-refractivity contribution in [1.82, 2.24) is 5.32 Å². The molecule has 1 atom stereocenters. The van der Waals surface area contributed by atoms with E-state index in [9.17, 15) is 14.9 Å². The Morgan fingerprint density at radius 1 is 1.31 bits per heavy atom. The number of carbonyl (C=O) groups is 1. The number of likely N-dealkylation sites (N-methyl/N-ethyl adjacent to an activating group) is 1. The van der Waals surface area contributed by atoms with Crippen LogP contribution < -0.4 is 15.0 Å². The Labute approximate surface area is 168 Å². The van der Waals surface area contributed by atoms with E-state index in [2.05, 4.69) is 5.32 Å². The van der Waals surface area contributed by atoms with Crippen LogP contribution in [0.15, 0.2) is 48.5 Å². The van der Waals surface area contributed by atoms with Gasteiger partial charge in [0.2, 0.25) is 5.91 Å². The summed E-state index contributed by atoms with van der Waals surface area (Å²) < 4.78 is 10.7. The number of hydrogen-bond donors (Lipinski definition) is 2. The van der Waals surface area contributed by atoms with E-state index in [-0.39, 0.29) is 31.0 Å². The molecule has 0 aliphatic carbocycles. The maximum Gasteiger partial charge on any atom is 0.270 e. The highest BCUT2D eigenvalue weighted by atomic mass is 16.7. The zero-order valence-corrected chi connectivity index (χ0v) is 16.4. The average Bonchev–Trinajstić information content (AvgIpc) is 2.71. The van der Waals surface area contributed by atoms with E-state index in [4.69, 9.17) is 9.47 Å². The van der Waals surface area contributed by atoms with Crippen LogP contribution in [0.1, 0.15) is 22.7 Å². The molecule has 3 rings (SSSR count). The van der Waals surface area contributed by atoms with Gasteiger partial charge in [-0.25, -0.2) is 0 Å². The van der Waals surface area contributed by atoms with E-state index in [1.165, 1.54) is 29.2 Å². The molecule has 1 amide bonds. The smallest absolute Gasteiger partial charge is 0.270 e. The maximum absolute atomic E-state index is 12.6. The molecule has 1 heterocycles. The summed E-state index contributed by atoms with van der Waals surface area (Å²) in [6.07, 6.45) is 2.91. The zero-order chi connectivity index (χ0) is 20.8. The summed E-state index contributed by atoms with van der Waals surface area (Å²) >= 11 is 0. The van der Waals surface area contributed by atoms with Gasteiger partial charge in [-0.3, -0.25) is 14.9 Å². The second kappa shape index (κ2) is 9.31. The van der Waals surface area contributed by atoms with Crippen molar-refractivity contribution in [2.45, 2.75) is 12.6 Å². The number of rotatable bonds is 7. The molecule has 1 aliphatic rings. The minimum atomic E-state index is -0.475. The van der Waals surface area contributed by atoms with Crippen molar-refractivity contribution in [2.24, 2.45) is 0 Å². The Balaban J connectivity index is 1.80. The van der Waals surface area contributed by atoms with E-state index < -0.39 is 4.92 Å². The van der Waals surface area contributed by atoms with Gasteiger partial charge in [-0.1, -0.05) is 30.3 Å². The van der Waals surface area contributed by atoms with Gasteiger partial charge >= 0.3 is 0 Å². The molecule has 29 heavy (non-hydrogen) atoms. The van der Waals surface area contributed by atoms with Crippen LogP contribution in [0.2, 0.25) is 0 Å². The first-order chi connectivity index (χ1) is 13.9. The van der Waals surface area contributed by atoms with Crippen molar-refractivity contribution >= 4 is 17.7 Å². The predicted molar refractivity (Wildman–Crippen MR) is 107 cm³/mol. The molecule has 0 bridgehead atoms. The largest absolute Gasteiger partial charge is 0.467 e. The monoisotopic (exact) mass is 398 g/mol. The molecule has 0 saturated carbocycles. The number of non-ortho nitro benzene ring substituents is 1. The van der Waals surface area contributed by atoms with Crippen LogP contribution in [0.25, 0.3) is 6.08 Å². The summed E-state index contributed by atoms with van der Waals surface area (Å²) in [5, 5.41) is 14.2. The number of nitro benzene ring substituents is 1. The van der Waals surface area contributed by atoms with Crippen LogP contribution in [-0.4, -0.2) is 38.3 Å². The molecule has 2 aromatic carbocycles. The second-order valence-corrected chi connectivity index (χ2v) is 7.11. The molecule has 8 heteroatoms. The molecule has 0 radical (unpaired) electrons. The molecular weight excluding hydrogens is 374 g/mol. The molecule has 0 spiro atoms. The third kappa shape index (κ3) is 5.40. The van der Waals surface area contributed by atoms with Gasteiger partial charge in [-0.2, -0.15) is 0 Å². The molecule has 0 fully saturated rings. The third-order valence-electron chi connectivity index (χ3n) is 4.48. The number of amides is 1. The molecule has 0 saturated heterocycles. The highest BCUT2D eigenvalue weighted by molar-refractivity contribution is 5.92. The fourth-order valence-electron chi connectivity index (χ4n) is 3.19. The van der Waals surface area contributed by atoms with E-state index in [0.717, 1.165) is 12.1 Å². The predicted octanol–water partition coefficient (Wildman–Crippen LogP) is 1.48. The summed E-state index contributed by atoms with van der Waals surface area (Å²) in [7, 11) is 4.04. The van der Waals surface area contributed by atoms with Gasteiger partial charge < -0.3 is 19.7 Å². The fraction of sp³-hybridized carbons (Fsp3) is 0.286. The zero-order valence-electron chi connectivity index (χ0n) is 16.4. The van der Waals surface area contributed by atoms with Crippen LogP contribution in [0, 0.1) is 10.1 Å². The molecule has 2 aromatic rings. The maximum atomic E-state index is 12.6. The van der Waals surface area contributed by atoms with Gasteiger partial charge in [0.25, 0.3) is 5.69 Å². The van der Waals surface area contributed by atoms with Gasteiger partial charge in [0.1, 0.15) is 18.3 Å². The van der Waals surface area contributed by atoms with E-state index in [0.29, 0.717) is 16.9 Å². The SMILES string of the molecule is C[NH+](C)C[C@@H](NC(=O)/C=C/c1cc([N+](=O)[O-])cc2c1OCOC2)c1ccccc1. The van der Waals surface area contributed by atoms with E-state index in [1.807, 2.05) is 44.4 Å². The lowest BCUT2D eigenvalue weighted by Crippen LogP contribution is -3.06. The topological polar surface area (TPSA) is 95.1 Å². The van der Waals surface area contributed by atoms with Gasteiger partial charge in [0.05, 0.1) is 25.6 Å². The molecular formula is C21H24N3O5+. The van der Waals surface area contributed by atoms with Gasteiger partial charge in [-0.15, -0.1) is 0 Å². The summed E-state index contributed by atoms with van der Waals surface area (Å²) in [6.45, 7) is 1.02. The van der Waals surface area contributed by atoms with Crippen molar-refractivity contribution < 1.29 is 24.1 Å². The first-order valence-corrected chi connectivity index (χ1v) is 9.28. The van der Waals surface area contributed by atoms with E-state index >= 15 is 0 Å². The number of nitrogens with one attached hydrogen (secondary N) is 2. The first kappa shape index (κ1) is 20.5. The lowest BCUT2D eigenvalue weighted by atomic mass is 10.1. The summed E-state index contributed by atoms with van der Waals surface area (Å²) in [4.78, 5) is 24.5. The Bertz CT molecular complexity index is 912. The Hall–Kier alpha value is -3.23. The normalized spacial score (nSPS) is 14.3. The third-order valence-corrected chi connectivity index (χ3v) is 4.48. The number of nitro groups is 1. The summed E-state index contributed by atoms with van der Waals surface area (Å²) in [5.41, 5.74) is 2.01. The second-order valence-electron chi connectivity index (χ2n) is 7.11.